The molecule has 0 radical (unpaired) electrons. The molecule has 0 bridgehead atoms. The van der Waals surface area contributed by atoms with E-state index in [1.807, 2.05) is 19.1 Å². The fourth-order valence-electron chi connectivity index (χ4n) is 2.48. The summed E-state index contributed by atoms with van der Waals surface area (Å²) in [5, 5.41) is 9.67. The third kappa shape index (κ3) is 2.56. The van der Waals surface area contributed by atoms with Gasteiger partial charge in [0.15, 0.2) is 5.82 Å². The maximum Gasteiger partial charge on any atom is 0.266 e. The van der Waals surface area contributed by atoms with Gasteiger partial charge in [-0.2, -0.15) is 5.10 Å². The molecule has 3 rings (SSSR count). The number of thiophene rings is 1. The van der Waals surface area contributed by atoms with Crippen LogP contribution in [-0.2, 0) is 12.8 Å². The van der Waals surface area contributed by atoms with Crippen molar-refractivity contribution in [3.05, 3.63) is 33.1 Å². The van der Waals surface area contributed by atoms with Crippen molar-refractivity contribution in [2.45, 2.75) is 33.1 Å². The van der Waals surface area contributed by atoms with Crippen molar-refractivity contribution in [1.82, 2.24) is 10.2 Å². The summed E-state index contributed by atoms with van der Waals surface area (Å²) >= 11 is 1.62. The van der Waals surface area contributed by atoms with E-state index in [1.54, 1.807) is 11.3 Å². The quantitative estimate of drug-likeness (QED) is 0.884. The smallest absolute Gasteiger partial charge is 0.266 e. The molecular formula is C14H17N3OS. The van der Waals surface area contributed by atoms with Gasteiger partial charge in [0.05, 0.1) is 4.88 Å². The summed E-state index contributed by atoms with van der Waals surface area (Å²) in [6.45, 7) is 4.18. The van der Waals surface area contributed by atoms with Crippen molar-refractivity contribution in [2.24, 2.45) is 5.92 Å². The van der Waals surface area contributed by atoms with E-state index < -0.39 is 0 Å². The Morgan fingerprint density at radius 1 is 1.53 bits per heavy atom. The second-order valence-corrected chi connectivity index (χ2v) is 6.43. The molecule has 2 heterocycles. The normalized spacial score (nSPS) is 18.1. The van der Waals surface area contributed by atoms with Crippen molar-refractivity contribution in [1.29, 1.82) is 0 Å². The van der Waals surface area contributed by atoms with Crippen LogP contribution in [0.4, 0.5) is 5.82 Å². The highest BCUT2D eigenvalue weighted by Crippen LogP contribution is 2.32. The van der Waals surface area contributed by atoms with Gasteiger partial charge < -0.3 is 5.32 Å². The number of hydrogen-bond donors (Lipinski definition) is 2. The van der Waals surface area contributed by atoms with E-state index in [4.69, 9.17) is 0 Å². The van der Waals surface area contributed by atoms with Crippen LogP contribution >= 0.6 is 11.3 Å². The number of fused-ring (bicyclic) bond motifs is 1. The second-order valence-electron chi connectivity index (χ2n) is 5.30. The van der Waals surface area contributed by atoms with Crippen molar-refractivity contribution >= 4 is 23.1 Å². The Kier molecular flexibility index (Phi) is 3.14. The largest absolute Gasteiger partial charge is 0.304 e. The van der Waals surface area contributed by atoms with Crippen LogP contribution in [0.5, 0.6) is 0 Å². The van der Waals surface area contributed by atoms with E-state index in [-0.39, 0.29) is 5.91 Å². The van der Waals surface area contributed by atoms with Gasteiger partial charge in [0.25, 0.3) is 5.91 Å². The lowest BCUT2D eigenvalue weighted by molar-refractivity contribution is 0.103. The van der Waals surface area contributed by atoms with Gasteiger partial charge in [-0.1, -0.05) is 6.92 Å². The van der Waals surface area contributed by atoms with E-state index in [0.717, 1.165) is 29.3 Å². The number of rotatable bonds is 2. The number of amides is 1. The summed E-state index contributed by atoms with van der Waals surface area (Å²) in [6, 6.07) is 3.87. The van der Waals surface area contributed by atoms with Gasteiger partial charge in [0.2, 0.25) is 0 Å². The third-order valence-electron chi connectivity index (χ3n) is 3.50. The molecule has 1 aliphatic carbocycles. The maximum absolute atomic E-state index is 12.2. The first-order valence-corrected chi connectivity index (χ1v) is 7.38. The Morgan fingerprint density at radius 2 is 2.37 bits per heavy atom. The predicted octanol–water partition coefficient (Wildman–Crippen LogP) is 3.16. The molecule has 0 unspecified atom stereocenters. The summed E-state index contributed by atoms with van der Waals surface area (Å²) in [7, 11) is 0. The van der Waals surface area contributed by atoms with Gasteiger partial charge in [-0.15, -0.1) is 11.3 Å². The summed E-state index contributed by atoms with van der Waals surface area (Å²) in [4.78, 5) is 14.3. The molecule has 4 nitrogen and oxygen atoms in total. The van der Waals surface area contributed by atoms with Gasteiger partial charge in [0.1, 0.15) is 0 Å². The van der Waals surface area contributed by atoms with Crippen LogP contribution in [-0.4, -0.2) is 16.1 Å². The predicted molar refractivity (Wildman–Crippen MR) is 76.8 cm³/mol. The van der Waals surface area contributed by atoms with E-state index in [9.17, 15) is 4.79 Å². The summed E-state index contributed by atoms with van der Waals surface area (Å²) in [6.07, 6.45) is 3.43. The van der Waals surface area contributed by atoms with Gasteiger partial charge >= 0.3 is 0 Å². The van der Waals surface area contributed by atoms with Crippen LogP contribution in [0.25, 0.3) is 0 Å². The molecule has 2 aromatic heterocycles. The van der Waals surface area contributed by atoms with Crippen LogP contribution in [0, 0.1) is 12.8 Å². The number of carbonyl (C=O) groups is 1. The number of nitrogens with zero attached hydrogens (tertiary/aromatic N) is 1. The molecule has 100 valence electrons. The Balaban J connectivity index is 1.77. The average Bonchev–Trinajstić information content (AvgIpc) is 2.95. The maximum atomic E-state index is 12.2. The molecule has 2 aromatic rings. The lowest BCUT2D eigenvalue weighted by Gasteiger charge is -2.16. The first kappa shape index (κ1) is 12.4. The van der Waals surface area contributed by atoms with Gasteiger partial charge in [0, 0.05) is 16.6 Å². The van der Waals surface area contributed by atoms with Crippen molar-refractivity contribution in [3.8, 4) is 0 Å². The monoisotopic (exact) mass is 275 g/mol. The number of aromatic amines is 1. The average molecular weight is 275 g/mol. The Bertz CT molecular complexity index is 614. The molecule has 1 aliphatic rings. The molecule has 1 atom stereocenters. The highest BCUT2D eigenvalue weighted by Gasteiger charge is 2.20. The molecule has 0 saturated carbocycles. The van der Waals surface area contributed by atoms with Gasteiger partial charge in [-0.05, 0) is 43.7 Å². The number of hydrogen-bond acceptors (Lipinski definition) is 3. The van der Waals surface area contributed by atoms with E-state index in [2.05, 4.69) is 22.4 Å². The minimum atomic E-state index is -0.0569. The highest BCUT2D eigenvalue weighted by molar-refractivity contribution is 7.14. The minimum Gasteiger partial charge on any atom is -0.304 e. The van der Waals surface area contributed by atoms with Crippen LogP contribution < -0.4 is 5.32 Å². The zero-order chi connectivity index (χ0) is 13.4. The Hall–Kier alpha value is -1.62. The molecule has 0 spiro atoms. The minimum absolute atomic E-state index is 0.0569. The number of anilines is 1. The fraction of sp³-hybridized carbons (Fsp3) is 0.429. The molecule has 19 heavy (non-hydrogen) atoms. The van der Waals surface area contributed by atoms with Gasteiger partial charge in [-0.3, -0.25) is 9.89 Å². The standard InChI is InChI=1S/C14H17N3OS/c1-8-3-4-11-10(5-8)7-12(19-11)14(18)15-13-6-9(2)16-17-13/h6-8H,3-5H2,1-2H3,(H2,15,16,17,18)/t8-/m0/s1. The first-order chi connectivity index (χ1) is 9.11. The zero-order valence-corrected chi connectivity index (χ0v) is 11.9. The SMILES string of the molecule is Cc1cc(NC(=O)c2cc3c(s2)CC[C@H](C)C3)n[nH]1. The van der Waals surface area contributed by atoms with Crippen molar-refractivity contribution in [2.75, 3.05) is 5.32 Å². The zero-order valence-electron chi connectivity index (χ0n) is 11.1. The lowest BCUT2D eigenvalue weighted by Crippen LogP contribution is -2.10. The molecule has 0 aliphatic heterocycles. The number of H-pyrrole nitrogens is 1. The number of aryl methyl sites for hydroxylation is 2. The summed E-state index contributed by atoms with van der Waals surface area (Å²) < 4.78 is 0. The number of aromatic nitrogens is 2. The molecular weight excluding hydrogens is 258 g/mol. The molecule has 0 fully saturated rings. The van der Waals surface area contributed by atoms with Crippen LogP contribution in [0.15, 0.2) is 12.1 Å². The first-order valence-electron chi connectivity index (χ1n) is 6.57. The number of carbonyl (C=O) groups excluding carboxylic acids is 1. The fourth-order valence-corrected chi connectivity index (χ4v) is 3.58. The third-order valence-corrected chi connectivity index (χ3v) is 4.74. The Labute approximate surface area is 116 Å². The highest BCUT2D eigenvalue weighted by atomic mass is 32.1. The van der Waals surface area contributed by atoms with E-state index in [0.29, 0.717) is 5.82 Å². The van der Waals surface area contributed by atoms with Crippen LogP contribution in [0.2, 0.25) is 0 Å². The Morgan fingerprint density at radius 3 is 3.11 bits per heavy atom. The van der Waals surface area contributed by atoms with Crippen LogP contribution in [0.1, 0.15) is 39.2 Å². The molecule has 1 amide bonds. The lowest BCUT2D eigenvalue weighted by atomic mass is 9.90. The molecule has 5 heteroatoms. The van der Waals surface area contributed by atoms with Gasteiger partial charge in [-0.25, -0.2) is 0 Å². The number of nitrogens with one attached hydrogen (secondary N) is 2. The van der Waals surface area contributed by atoms with E-state index in [1.165, 1.54) is 16.9 Å². The van der Waals surface area contributed by atoms with Crippen molar-refractivity contribution < 1.29 is 4.79 Å². The van der Waals surface area contributed by atoms with Crippen molar-refractivity contribution in [3.63, 3.8) is 0 Å². The summed E-state index contributed by atoms with van der Waals surface area (Å²) in [5.74, 6) is 1.26. The molecule has 0 aromatic carbocycles. The second kappa shape index (κ2) is 4.81. The summed E-state index contributed by atoms with van der Waals surface area (Å²) in [5.41, 5.74) is 2.29. The van der Waals surface area contributed by atoms with Crippen LogP contribution in [0.3, 0.4) is 0 Å². The molecule has 2 N–H and O–H groups in total. The molecule has 0 saturated heterocycles. The van der Waals surface area contributed by atoms with E-state index >= 15 is 0 Å². The topological polar surface area (TPSA) is 57.8 Å².